The van der Waals surface area contributed by atoms with Gasteiger partial charge in [0.2, 0.25) is 5.91 Å². The van der Waals surface area contributed by atoms with Crippen molar-refractivity contribution in [2.45, 2.75) is 12.3 Å². The van der Waals surface area contributed by atoms with Crippen LogP contribution in [0.25, 0.3) is 0 Å². The van der Waals surface area contributed by atoms with Gasteiger partial charge in [0.25, 0.3) is 0 Å². The molecule has 0 N–H and O–H groups in total. The molecule has 0 saturated heterocycles. The lowest BCUT2D eigenvalue weighted by Gasteiger charge is -2.27. The zero-order chi connectivity index (χ0) is 16.1. The van der Waals surface area contributed by atoms with E-state index in [1.165, 1.54) is 0 Å². The van der Waals surface area contributed by atoms with Gasteiger partial charge in [0.15, 0.2) is 11.5 Å². The van der Waals surface area contributed by atoms with Gasteiger partial charge < -0.3 is 4.74 Å². The van der Waals surface area contributed by atoms with Crippen LogP contribution in [-0.2, 0) is 11.2 Å². The smallest absolute Gasteiger partial charge is 0.239 e. The van der Waals surface area contributed by atoms with E-state index in [1.807, 2.05) is 59.5 Å². The molecule has 116 valence electrons. The number of aromatic nitrogens is 1. The molecule has 0 aliphatic carbocycles. The SMILES string of the molecule is O=C1C(Cc2ccncc2)c2cccc3c2N1c1ccccc1O3. The Balaban J connectivity index is 1.65. The molecular formula is C20H14N2O2. The molecule has 4 heteroatoms. The lowest BCUT2D eigenvalue weighted by Crippen LogP contribution is -2.26. The van der Waals surface area contributed by atoms with Gasteiger partial charge >= 0.3 is 0 Å². The first-order chi connectivity index (χ1) is 11.8. The molecule has 0 radical (unpaired) electrons. The van der Waals surface area contributed by atoms with E-state index in [-0.39, 0.29) is 11.8 Å². The highest BCUT2D eigenvalue weighted by Crippen LogP contribution is 2.54. The number of pyridine rings is 1. The molecule has 3 heterocycles. The molecule has 4 nitrogen and oxygen atoms in total. The number of amides is 1. The maximum absolute atomic E-state index is 13.2. The predicted octanol–water partition coefficient (Wildman–Crippen LogP) is 4.19. The molecule has 2 aromatic carbocycles. The molecule has 0 saturated carbocycles. The molecule has 1 aromatic heterocycles. The Morgan fingerprint density at radius 2 is 1.75 bits per heavy atom. The molecule has 5 rings (SSSR count). The molecule has 1 atom stereocenters. The molecule has 0 bridgehead atoms. The van der Waals surface area contributed by atoms with E-state index in [0.717, 1.165) is 34.0 Å². The van der Waals surface area contributed by atoms with Crippen LogP contribution in [0.5, 0.6) is 11.5 Å². The van der Waals surface area contributed by atoms with E-state index in [4.69, 9.17) is 4.74 Å². The number of anilines is 2. The van der Waals surface area contributed by atoms with Crippen LogP contribution in [0.3, 0.4) is 0 Å². The fourth-order valence-corrected chi connectivity index (χ4v) is 3.58. The fraction of sp³-hybridized carbons (Fsp3) is 0.100. The van der Waals surface area contributed by atoms with Gasteiger partial charge in [-0.3, -0.25) is 14.7 Å². The van der Waals surface area contributed by atoms with Crippen molar-refractivity contribution in [2.75, 3.05) is 4.90 Å². The van der Waals surface area contributed by atoms with Crippen LogP contribution in [0.1, 0.15) is 17.0 Å². The summed E-state index contributed by atoms with van der Waals surface area (Å²) in [5, 5.41) is 0. The van der Waals surface area contributed by atoms with Crippen molar-refractivity contribution in [3.8, 4) is 11.5 Å². The van der Waals surface area contributed by atoms with Crippen LogP contribution >= 0.6 is 0 Å². The number of nitrogens with zero attached hydrogens (tertiary/aromatic N) is 2. The molecular weight excluding hydrogens is 300 g/mol. The van der Waals surface area contributed by atoms with Crippen LogP contribution in [-0.4, -0.2) is 10.9 Å². The Morgan fingerprint density at radius 3 is 2.62 bits per heavy atom. The first-order valence-corrected chi connectivity index (χ1v) is 7.95. The van der Waals surface area contributed by atoms with Crippen molar-refractivity contribution < 1.29 is 9.53 Å². The van der Waals surface area contributed by atoms with E-state index >= 15 is 0 Å². The predicted molar refractivity (Wildman–Crippen MR) is 90.8 cm³/mol. The minimum absolute atomic E-state index is 0.102. The summed E-state index contributed by atoms with van der Waals surface area (Å²) in [5.74, 6) is 1.37. The normalized spacial score (nSPS) is 17.2. The van der Waals surface area contributed by atoms with Gasteiger partial charge in [-0.05, 0) is 47.9 Å². The van der Waals surface area contributed by atoms with Gasteiger partial charge in [-0.2, -0.15) is 0 Å². The molecule has 24 heavy (non-hydrogen) atoms. The summed E-state index contributed by atoms with van der Waals surface area (Å²) in [6, 6.07) is 17.5. The highest BCUT2D eigenvalue weighted by molar-refractivity contribution is 6.13. The third-order valence-corrected chi connectivity index (χ3v) is 4.66. The largest absolute Gasteiger partial charge is 0.453 e. The third kappa shape index (κ3) is 1.80. The van der Waals surface area contributed by atoms with Gasteiger partial charge in [0.1, 0.15) is 0 Å². The van der Waals surface area contributed by atoms with Crippen LogP contribution in [0.15, 0.2) is 67.0 Å². The van der Waals surface area contributed by atoms with Gasteiger partial charge in [0.05, 0.1) is 17.3 Å². The standard InChI is InChI=1S/C20H14N2O2/c23-20-15(12-13-8-10-21-11-9-13)14-4-3-7-18-19(14)22(20)16-5-1-2-6-17(16)24-18/h1-11,15H,12H2. The topological polar surface area (TPSA) is 42.4 Å². The van der Waals surface area contributed by atoms with Gasteiger partial charge in [0, 0.05) is 12.4 Å². The zero-order valence-corrected chi connectivity index (χ0v) is 12.8. The van der Waals surface area contributed by atoms with Crippen molar-refractivity contribution in [3.05, 3.63) is 78.1 Å². The van der Waals surface area contributed by atoms with Crippen molar-refractivity contribution in [2.24, 2.45) is 0 Å². The van der Waals surface area contributed by atoms with E-state index in [9.17, 15) is 4.79 Å². The van der Waals surface area contributed by atoms with Crippen molar-refractivity contribution in [1.29, 1.82) is 0 Å². The van der Waals surface area contributed by atoms with Crippen molar-refractivity contribution in [3.63, 3.8) is 0 Å². The Kier molecular flexibility index (Phi) is 2.73. The van der Waals surface area contributed by atoms with E-state index in [1.54, 1.807) is 12.4 Å². The Morgan fingerprint density at radius 1 is 0.958 bits per heavy atom. The monoisotopic (exact) mass is 314 g/mol. The van der Waals surface area contributed by atoms with Gasteiger partial charge in [-0.25, -0.2) is 0 Å². The lowest BCUT2D eigenvalue weighted by molar-refractivity contribution is -0.118. The Hall–Kier alpha value is -3.14. The molecule has 3 aromatic rings. The highest BCUT2D eigenvalue weighted by atomic mass is 16.5. The molecule has 0 spiro atoms. The summed E-state index contributed by atoms with van der Waals surface area (Å²) < 4.78 is 6.01. The van der Waals surface area contributed by atoms with Gasteiger partial charge in [-0.1, -0.05) is 24.3 Å². The minimum atomic E-state index is -0.197. The number of rotatable bonds is 2. The van der Waals surface area contributed by atoms with Crippen molar-refractivity contribution >= 4 is 17.3 Å². The van der Waals surface area contributed by atoms with Gasteiger partial charge in [-0.15, -0.1) is 0 Å². The zero-order valence-electron chi connectivity index (χ0n) is 12.8. The summed E-state index contributed by atoms with van der Waals surface area (Å²) in [6.07, 6.45) is 4.19. The van der Waals surface area contributed by atoms with Crippen molar-refractivity contribution in [1.82, 2.24) is 4.98 Å². The third-order valence-electron chi connectivity index (χ3n) is 4.66. The number of ether oxygens (including phenoxy) is 1. The second-order valence-corrected chi connectivity index (χ2v) is 6.05. The van der Waals surface area contributed by atoms with E-state index in [0.29, 0.717) is 6.42 Å². The number of carbonyl (C=O) groups excluding carboxylic acids is 1. The first kappa shape index (κ1) is 13.3. The number of hydrogen-bond acceptors (Lipinski definition) is 3. The maximum atomic E-state index is 13.2. The van der Waals surface area contributed by atoms with E-state index < -0.39 is 0 Å². The number of para-hydroxylation sites is 3. The lowest BCUT2D eigenvalue weighted by atomic mass is 9.93. The van der Waals surface area contributed by atoms with Crippen LogP contribution in [0.2, 0.25) is 0 Å². The number of hydrogen-bond donors (Lipinski definition) is 0. The van der Waals surface area contributed by atoms with Crippen LogP contribution in [0.4, 0.5) is 11.4 Å². The number of carbonyl (C=O) groups is 1. The van der Waals surface area contributed by atoms with E-state index in [2.05, 4.69) is 4.98 Å². The molecule has 2 aliphatic heterocycles. The van der Waals surface area contributed by atoms with Crippen LogP contribution in [0, 0.1) is 0 Å². The molecule has 1 amide bonds. The summed E-state index contributed by atoms with van der Waals surface area (Å²) in [5.41, 5.74) is 3.85. The minimum Gasteiger partial charge on any atom is -0.453 e. The summed E-state index contributed by atoms with van der Waals surface area (Å²) in [7, 11) is 0. The molecule has 1 unspecified atom stereocenters. The molecule has 0 fully saturated rings. The Labute approximate surface area is 139 Å². The highest BCUT2D eigenvalue weighted by Gasteiger charge is 2.43. The number of fused-ring (bicyclic) bond motifs is 2. The fourth-order valence-electron chi connectivity index (χ4n) is 3.58. The average Bonchev–Trinajstić information content (AvgIpc) is 2.91. The summed E-state index contributed by atoms with van der Waals surface area (Å²) >= 11 is 0. The summed E-state index contributed by atoms with van der Waals surface area (Å²) in [6.45, 7) is 0. The Bertz CT molecular complexity index is 953. The molecule has 2 aliphatic rings. The average molecular weight is 314 g/mol. The second kappa shape index (κ2) is 4.93. The summed E-state index contributed by atoms with van der Waals surface area (Å²) in [4.78, 5) is 19.1. The number of benzene rings is 2. The first-order valence-electron chi connectivity index (χ1n) is 7.95. The quantitative estimate of drug-likeness (QED) is 0.712. The maximum Gasteiger partial charge on any atom is 0.239 e. The second-order valence-electron chi connectivity index (χ2n) is 6.05. The van der Waals surface area contributed by atoms with Crippen LogP contribution < -0.4 is 9.64 Å².